The molecule has 0 aromatic heterocycles. The Balaban J connectivity index is 1.79. The number of aryl methyl sites for hydroxylation is 1. The molecule has 8 nitrogen and oxygen atoms in total. The first-order chi connectivity index (χ1) is 19.1. The molecule has 2 fully saturated rings. The normalized spacial score (nSPS) is 23.7. The van der Waals surface area contributed by atoms with Crippen molar-refractivity contribution in [1.82, 2.24) is 15.5 Å². The Morgan fingerprint density at radius 1 is 1.05 bits per heavy atom. The lowest BCUT2D eigenvalue weighted by molar-refractivity contribution is -0.133. The van der Waals surface area contributed by atoms with Gasteiger partial charge in [0.1, 0.15) is 0 Å². The molecule has 41 heavy (non-hydrogen) atoms. The highest BCUT2D eigenvalue weighted by Crippen LogP contribution is 2.39. The average Bonchev–Trinajstić information content (AvgIpc) is 2.89. The molecule has 1 aromatic rings. The maximum atomic E-state index is 13.5. The molecule has 3 rings (SSSR count). The second kappa shape index (κ2) is 14.0. The number of β-amino-alcohol motifs (C(OH)–C–C–N with tert-alkyl or cyclic N) is 1. The van der Waals surface area contributed by atoms with Crippen LogP contribution in [0.15, 0.2) is 30.3 Å². The Labute approximate surface area is 248 Å². The molecule has 0 radical (unpaired) electrons. The molecular weight excluding hydrogens is 538 g/mol. The highest BCUT2D eigenvalue weighted by atomic mass is 32.2. The largest absolute Gasteiger partial charge is 0.390 e. The van der Waals surface area contributed by atoms with Gasteiger partial charge in [0.15, 0.2) is 9.84 Å². The van der Waals surface area contributed by atoms with Crippen molar-refractivity contribution in [3.05, 3.63) is 35.9 Å². The van der Waals surface area contributed by atoms with Crippen molar-refractivity contribution in [2.24, 2.45) is 11.8 Å². The summed E-state index contributed by atoms with van der Waals surface area (Å²) in [5.41, 5.74) is 0.737. The summed E-state index contributed by atoms with van der Waals surface area (Å²) in [6, 6.07) is 8.99. The number of hydrogen-bond donors (Lipinski definition) is 3. The summed E-state index contributed by atoms with van der Waals surface area (Å²) in [5.74, 6) is 0.584. The third kappa shape index (κ3) is 9.52. The second-order valence-corrected chi connectivity index (χ2v) is 16.8. The summed E-state index contributed by atoms with van der Waals surface area (Å²) in [7, 11) is -3.45. The van der Waals surface area contributed by atoms with E-state index in [0.717, 1.165) is 31.4 Å². The van der Waals surface area contributed by atoms with E-state index in [1.54, 1.807) is 20.8 Å². The molecule has 0 spiro atoms. The number of nitrogens with zero attached hydrogens (tertiary/aromatic N) is 1. The van der Waals surface area contributed by atoms with Gasteiger partial charge < -0.3 is 15.7 Å². The predicted molar refractivity (Wildman–Crippen MR) is 164 cm³/mol. The van der Waals surface area contributed by atoms with Gasteiger partial charge in [-0.25, -0.2) is 8.42 Å². The van der Waals surface area contributed by atoms with Gasteiger partial charge in [-0.15, -0.1) is 0 Å². The lowest BCUT2D eigenvalue weighted by atomic mass is 9.72. The Morgan fingerprint density at radius 2 is 1.68 bits per heavy atom. The van der Waals surface area contributed by atoms with Gasteiger partial charge in [0.2, 0.25) is 11.8 Å². The SMILES string of the molecule is CCS(=O)(=O)C(C)(C)CC(=O)N[C@@H](CCc1ccccc1)[C@H](O)CN1C[C@H]2CCCC[C@H]2C[C@H]1C(=O)NC(C)(C)C. The molecule has 9 heteroatoms. The van der Waals surface area contributed by atoms with Crippen molar-refractivity contribution in [3.8, 4) is 0 Å². The lowest BCUT2D eigenvalue weighted by Gasteiger charge is -2.47. The van der Waals surface area contributed by atoms with E-state index in [0.29, 0.717) is 24.7 Å². The number of carbonyl (C=O) groups is 2. The van der Waals surface area contributed by atoms with Crippen molar-refractivity contribution < 1.29 is 23.1 Å². The molecule has 3 N–H and O–H groups in total. The smallest absolute Gasteiger partial charge is 0.237 e. The zero-order valence-corrected chi connectivity index (χ0v) is 26.8. The molecule has 1 heterocycles. The van der Waals surface area contributed by atoms with Crippen molar-refractivity contribution in [2.75, 3.05) is 18.8 Å². The van der Waals surface area contributed by atoms with Crippen LogP contribution >= 0.6 is 0 Å². The van der Waals surface area contributed by atoms with Gasteiger partial charge in [-0.05, 0) is 77.7 Å². The molecule has 1 aliphatic heterocycles. The van der Waals surface area contributed by atoms with Crippen LogP contribution in [0.25, 0.3) is 0 Å². The molecule has 1 saturated heterocycles. The summed E-state index contributed by atoms with van der Waals surface area (Å²) in [5, 5.41) is 17.8. The van der Waals surface area contributed by atoms with Crippen LogP contribution in [-0.4, -0.2) is 77.6 Å². The number of carbonyl (C=O) groups excluding carboxylic acids is 2. The van der Waals surface area contributed by atoms with Gasteiger partial charge in [0.05, 0.1) is 22.9 Å². The molecule has 1 saturated carbocycles. The second-order valence-electron chi connectivity index (χ2n) is 13.9. The topological polar surface area (TPSA) is 116 Å². The summed E-state index contributed by atoms with van der Waals surface area (Å²) >= 11 is 0. The van der Waals surface area contributed by atoms with Crippen LogP contribution in [0.2, 0.25) is 0 Å². The summed E-state index contributed by atoms with van der Waals surface area (Å²) < 4.78 is 24.0. The summed E-state index contributed by atoms with van der Waals surface area (Å²) in [6.45, 7) is 11.7. The van der Waals surface area contributed by atoms with Crippen LogP contribution in [0.3, 0.4) is 0 Å². The fraction of sp³-hybridized carbons (Fsp3) is 0.750. The number of piperidine rings is 1. The maximum absolute atomic E-state index is 13.5. The van der Waals surface area contributed by atoms with Crippen LogP contribution in [0.4, 0.5) is 0 Å². The van der Waals surface area contributed by atoms with Crippen LogP contribution in [0.1, 0.15) is 92.1 Å². The number of nitrogens with one attached hydrogen (secondary N) is 2. The monoisotopic (exact) mass is 591 g/mol. The standard InChI is InChI=1S/C32H53N3O5S/c1-7-41(39,40)32(5,6)20-29(37)33-26(18-17-23-13-9-8-10-14-23)28(36)22-35-21-25-16-12-11-15-24(25)19-27(35)30(38)34-31(2,3)4/h8-10,13-14,24-28,36H,7,11-12,15-22H2,1-6H3,(H,33,37)(H,34,38)/t24-,25+,26-,27-,28+/m0/s1. The molecular formula is C32H53N3O5S. The molecule has 0 bridgehead atoms. The molecule has 0 unspecified atom stereocenters. The van der Waals surface area contributed by atoms with Crippen molar-refractivity contribution in [2.45, 2.75) is 121 Å². The van der Waals surface area contributed by atoms with Gasteiger partial charge in [-0.3, -0.25) is 14.5 Å². The van der Waals surface area contributed by atoms with E-state index >= 15 is 0 Å². The maximum Gasteiger partial charge on any atom is 0.237 e. The summed E-state index contributed by atoms with van der Waals surface area (Å²) in [4.78, 5) is 28.8. The minimum atomic E-state index is -3.45. The van der Waals surface area contributed by atoms with E-state index in [4.69, 9.17) is 0 Å². The van der Waals surface area contributed by atoms with Gasteiger partial charge in [0, 0.05) is 30.8 Å². The minimum Gasteiger partial charge on any atom is -0.390 e. The fourth-order valence-corrected chi connectivity index (χ4v) is 7.60. The van der Waals surface area contributed by atoms with Gasteiger partial charge in [0.25, 0.3) is 0 Å². The molecule has 2 amide bonds. The molecule has 232 valence electrons. The highest BCUT2D eigenvalue weighted by molar-refractivity contribution is 7.92. The molecule has 5 atom stereocenters. The third-order valence-corrected chi connectivity index (χ3v) is 11.5. The van der Waals surface area contributed by atoms with Crippen LogP contribution in [0, 0.1) is 11.8 Å². The number of sulfone groups is 1. The Morgan fingerprint density at radius 3 is 2.29 bits per heavy atom. The number of benzene rings is 1. The number of rotatable bonds is 12. The van der Waals surface area contributed by atoms with Gasteiger partial charge in [-0.1, -0.05) is 56.5 Å². The van der Waals surface area contributed by atoms with Crippen molar-refractivity contribution in [3.63, 3.8) is 0 Å². The quantitative estimate of drug-likeness (QED) is 0.340. The third-order valence-electron chi connectivity index (χ3n) is 8.93. The van der Waals surface area contributed by atoms with Crippen LogP contribution < -0.4 is 10.6 Å². The van der Waals surface area contributed by atoms with E-state index in [1.807, 2.05) is 51.1 Å². The number of aliphatic hydroxyl groups is 1. The first kappa shape index (κ1) is 33.5. The Kier molecular flexibility index (Phi) is 11.5. The van der Waals surface area contributed by atoms with Crippen LogP contribution in [-0.2, 0) is 25.8 Å². The predicted octanol–water partition coefficient (Wildman–Crippen LogP) is 3.86. The highest BCUT2D eigenvalue weighted by Gasteiger charge is 2.42. The van der Waals surface area contributed by atoms with Gasteiger partial charge >= 0.3 is 0 Å². The molecule has 1 aromatic carbocycles. The fourth-order valence-electron chi connectivity index (χ4n) is 6.47. The van der Waals surface area contributed by atoms with E-state index in [-0.39, 0.29) is 36.2 Å². The Bertz CT molecular complexity index is 1120. The zero-order chi connectivity index (χ0) is 30.4. The molecule has 1 aliphatic carbocycles. The first-order valence-electron chi connectivity index (χ1n) is 15.4. The van der Waals surface area contributed by atoms with Crippen molar-refractivity contribution >= 4 is 21.7 Å². The van der Waals surface area contributed by atoms with Gasteiger partial charge in [-0.2, -0.15) is 0 Å². The first-order valence-corrected chi connectivity index (χ1v) is 17.1. The lowest BCUT2D eigenvalue weighted by Crippen LogP contribution is -2.60. The number of amides is 2. The van der Waals surface area contributed by atoms with Crippen molar-refractivity contribution in [1.29, 1.82) is 0 Å². The molecule has 2 aliphatic rings. The number of aliphatic hydroxyl groups excluding tert-OH is 1. The number of hydrogen-bond acceptors (Lipinski definition) is 6. The van der Waals surface area contributed by atoms with E-state index < -0.39 is 32.6 Å². The number of fused-ring (bicyclic) bond motifs is 1. The summed E-state index contributed by atoms with van der Waals surface area (Å²) in [6.07, 6.45) is 5.52. The van der Waals surface area contributed by atoms with E-state index in [9.17, 15) is 23.1 Å². The van der Waals surface area contributed by atoms with E-state index in [2.05, 4.69) is 15.5 Å². The minimum absolute atomic E-state index is 0.00915. The zero-order valence-electron chi connectivity index (χ0n) is 26.0. The average molecular weight is 592 g/mol. The number of likely N-dealkylation sites (tertiary alicyclic amines) is 1. The van der Waals surface area contributed by atoms with Crippen LogP contribution in [0.5, 0.6) is 0 Å². The Hall–Kier alpha value is -1.97. The van der Waals surface area contributed by atoms with E-state index in [1.165, 1.54) is 12.8 Å².